The van der Waals surface area contributed by atoms with Crippen LogP contribution in [0.15, 0.2) is 40.6 Å². The zero-order valence-electron chi connectivity index (χ0n) is 10.4. The Bertz CT molecular complexity index is 591. The van der Waals surface area contributed by atoms with Gasteiger partial charge in [-0.1, -0.05) is 12.1 Å². The van der Waals surface area contributed by atoms with Gasteiger partial charge >= 0.3 is 0 Å². The van der Waals surface area contributed by atoms with E-state index in [1.165, 1.54) is 15.3 Å². The molecule has 98 valence electrons. The van der Waals surface area contributed by atoms with Crippen LogP contribution in [0.3, 0.4) is 0 Å². The molecule has 0 fully saturated rings. The number of hydrogen-bond acceptors (Lipinski definition) is 4. The highest BCUT2D eigenvalue weighted by Crippen LogP contribution is 2.44. The summed E-state index contributed by atoms with van der Waals surface area (Å²) in [5.41, 5.74) is 2.24. The van der Waals surface area contributed by atoms with E-state index in [0.29, 0.717) is 5.75 Å². The van der Waals surface area contributed by atoms with E-state index in [0.717, 1.165) is 5.69 Å². The van der Waals surface area contributed by atoms with Gasteiger partial charge in [0.15, 0.2) is 0 Å². The lowest BCUT2D eigenvalue weighted by Crippen LogP contribution is -2.11. The Hall–Kier alpha value is -0.910. The molecule has 1 aliphatic heterocycles. The summed E-state index contributed by atoms with van der Waals surface area (Å²) >= 11 is 5.16. The molecule has 0 saturated carbocycles. The zero-order valence-corrected chi connectivity index (χ0v) is 12.8. The SMILES string of the molecule is CSc1ccc([C@H]2SCC(=O)Nc3ccsc32)cc1. The number of anilines is 1. The van der Waals surface area contributed by atoms with Crippen LogP contribution in [-0.2, 0) is 4.79 Å². The molecule has 2 nitrogen and oxygen atoms in total. The maximum atomic E-state index is 11.7. The van der Waals surface area contributed by atoms with Gasteiger partial charge in [0.2, 0.25) is 5.91 Å². The van der Waals surface area contributed by atoms with Crippen LogP contribution in [0, 0.1) is 0 Å². The molecule has 3 rings (SSSR count). The molecule has 1 aromatic carbocycles. The maximum Gasteiger partial charge on any atom is 0.234 e. The number of fused-ring (bicyclic) bond motifs is 1. The smallest absolute Gasteiger partial charge is 0.234 e. The number of rotatable bonds is 2. The zero-order chi connectivity index (χ0) is 13.2. The van der Waals surface area contributed by atoms with Crippen molar-refractivity contribution >= 4 is 46.5 Å². The number of hydrogen-bond donors (Lipinski definition) is 1. The van der Waals surface area contributed by atoms with Gasteiger partial charge in [0, 0.05) is 9.77 Å². The number of thioether (sulfide) groups is 2. The molecule has 2 heterocycles. The quantitative estimate of drug-likeness (QED) is 0.841. The van der Waals surface area contributed by atoms with Crippen LogP contribution in [0.4, 0.5) is 5.69 Å². The normalized spacial score (nSPS) is 18.6. The van der Waals surface area contributed by atoms with Crippen molar-refractivity contribution in [2.45, 2.75) is 10.1 Å². The van der Waals surface area contributed by atoms with E-state index in [2.05, 4.69) is 35.8 Å². The highest BCUT2D eigenvalue weighted by Gasteiger charge is 2.25. The van der Waals surface area contributed by atoms with Crippen molar-refractivity contribution in [3.8, 4) is 0 Å². The standard InChI is InChI=1S/C14H13NOS3/c1-17-10-4-2-9(3-5-10)13-14-11(6-7-18-14)15-12(16)8-19-13/h2-7,13H,8H2,1H3,(H,15,16)/t13-/m1/s1. The molecule has 0 unspecified atom stereocenters. The van der Waals surface area contributed by atoms with Crippen LogP contribution in [0.1, 0.15) is 15.7 Å². The van der Waals surface area contributed by atoms with Gasteiger partial charge < -0.3 is 5.32 Å². The minimum absolute atomic E-state index is 0.0906. The van der Waals surface area contributed by atoms with Crippen LogP contribution in [0.2, 0.25) is 0 Å². The van der Waals surface area contributed by atoms with E-state index in [1.54, 1.807) is 34.9 Å². The summed E-state index contributed by atoms with van der Waals surface area (Å²) in [5, 5.41) is 5.27. The van der Waals surface area contributed by atoms with Gasteiger partial charge in [0.1, 0.15) is 0 Å². The summed E-state index contributed by atoms with van der Waals surface area (Å²) in [7, 11) is 0. The Labute approximate surface area is 125 Å². The molecule has 2 aromatic rings. The van der Waals surface area contributed by atoms with Crippen LogP contribution in [0.5, 0.6) is 0 Å². The molecule has 0 radical (unpaired) electrons. The number of nitrogens with one attached hydrogen (secondary N) is 1. The minimum Gasteiger partial charge on any atom is -0.324 e. The number of amides is 1. The Kier molecular flexibility index (Phi) is 3.86. The first kappa shape index (κ1) is 13.1. The average molecular weight is 307 g/mol. The Morgan fingerprint density at radius 3 is 2.79 bits per heavy atom. The lowest BCUT2D eigenvalue weighted by Gasteiger charge is -2.14. The highest BCUT2D eigenvalue weighted by molar-refractivity contribution is 8.00. The lowest BCUT2D eigenvalue weighted by atomic mass is 10.1. The number of carbonyl (C=O) groups is 1. The van der Waals surface area contributed by atoms with E-state index in [1.807, 2.05) is 11.4 Å². The molecular weight excluding hydrogens is 294 g/mol. The Morgan fingerprint density at radius 2 is 2.05 bits per heavy atom. The summed E-state index contributed by atoms with van der Waals surface area (Å²) in [6, 6.07) is 10.6. The first-order chi connectivity index (χ1) is 9.28. The third kappa shape index (κ3) is 2.68. The predicted octanol–water partition coefficient (Wildman–Crippen LogP) is 4.24. The van der Waals surface area contributed by atoms with Crippen molar-refractivity contribution in [3.05, 3.63) is 46.2 Å². The molecule has 0 aliphatic carbocycles. The molecule has 1 aromatic heterocycles. The van der Waals surface area contributed by atoms with Crippen LogP contribution in [0.25, 0.3) is 0 Å². The molecule has 19 heavy (non-hydrogen) atoms. The second-order valence-corrected chi connectivity index (χ2v) is 7.13. The van der Waals surface area contributed by atoms with E-state index >= 15 is 0 Å². The molecule has 0 bridgehead atoms. The number of benzene rings is 1. The fourth-order valence-corrected chi connectivity index (χ4v) is 4.73. The van der Waals surface area contributed by atoms with E-state index < -0.39 is 0 Å². The second kappa shape index (κ2) is 5.61. The third-order valence-electron chi connectivity index (χ3n) is 3.01. The Morgan fingerprint density at radius 1 is 1.26 bits per heavy atom. The molecular formula is C14H13NOS3. The first-order valence-corrected chi connectivity index (χ1v) is 9.06. The summed E-state index contributed by atoms with van der Waals surface area (Å²) in [4.78, 5) is 14.2. The van der Waals surface area contributed by atoms with Crippen molar-refractivity contribution in [1.82, 2.24) is 0 Å². The fourth-order valence-electron chi connectivity index (χ4n) is 2.07. The van der Waals surface area contributed by atoms with E-state index in [-0.39, 0.29) is 11.2 Å². The average Bonchev–Trinajstić information content (AvgIpc) is 2.82. The van der Waals surface area contributed by atoms with E-state index in [9.17, 15) is 4.79 Å². The summed E-state index contributed by atoms with van der Waals surface area (Å²) in [6.07, 6.45) is 2.08. The van der Waals surface area contributed by atoms with Crippen LogP contribution >= 0.6 is 34.9 Å². The van der Waals surface area contributed by atoms with Crippen molar-refractivity contribution < 1.29 is 4.79 Å². The van der Waals surface area contributed by atoms with Gasteiger partial charge in [-0.15, -0.1) is 34.9 Å². The summed E-state index contributed by atoms with van der Waals surface area (Å²) in [5.74, 6) is 0.601. The van der Waals surface area contributed by atoms with Crippen LogP contribution < -0.4 is 5.32 Å². The topological polar surface area (TPSA) is 29.1 Å². The Balaban J connectivity index is 1.98. The molecule has 0 saturated heterocycles. The van der Waals surface area contributed by atoms with E-state index in [4.69, 9.17) is 0 Å². The number of carbonyl (C=O) groups excluding carboxylic acids is 1. The summed E-state index contributed by atoms with van der Waals surface area (Å²) < 4.78 is 0. The summed E-state index contributed by atoms with van der Waals surface area (Å²) in [6.45, 7) is 0. The minimum atomic E-state index is 0.0906. The lowest BCUT2D eigenvalue weighted by molar-refractivity contribution is -0.113. The second-order valence-electron chi connectivity index (χ2n) is 4.21. The van der Waals surface area contributed by atoms with Gasteiger partial charge in [-0.2, -0.15) is 0 Å². The van der Waals surface area contributed by atoms with Gasteiger partial charge in [0.25, 0.3) is 0 Å². The maximum absolute atomic E-state index is 11.7. The van der Waals surface area contributed by atoms with Crippen molar-refractivity contribution in [2.75, 3.05) is 17.3 Å². The van der Waals surface area contributed by atoms with Crippen molar-refractivity contribution in [1.29, 1.82) is 0 Å². The van der Waals surface area contributed by atoms with Crippen molar-refractivity contribution in [2.24, 2.45) is 0 Å². The highest BCUT2D eigenvalue weighted by atomic mass is 32.2. The van der Waals surface area contributed by atoms with Gasteiger partial charge in [-0.3, -0.25) is 4.79 Å². The van der Waals surface area contributed by atoms with Gasteiger partial charge in [-0.05, 0) is 35.4 Å². The molecule has 1 N–H and O–H groups in total. The molecule has 1 atom stereocenters. The van der Waals surface area contributed by atoms with Gasteiger partial charge in [0.05, 0.1) is 16.7 Å². The molecule has 1 amide bonds. The predicted molar refractivity (Wildman–Crippen MR) is 85.5 cm³/mol. The fraction of sp³-hybridized carbons (Fsp3) is 0.214. The van der Waals surface area contributed by atoms with Crippen LogP contribution in [-0.4, -0.2) is 17.9 Å². The molecule has 0 spiro atoms. The monoisotopic (exact) mass is 307 g/mol. The molecule has 5 heteroatoms. The largest absolute Gasteiger partial charge is 0.324 e. The first-order valence-electron chi connectivity index (χ1n) is 5.90. The third-order valence-corrected chi connectivity index (χ3v) is 6.15. The van der Waals surface area contributed by atoms with Crippen molar-refractivity contribution in [3.63, 3.8) is 0 Å². The molecule has 1 aliphatic rings. The number of thiophene rings is 1. The van der Waals surface area contributed by atoms with Gasteiger partial charge in [-0.25, -0.2) is 0 Å².